The number of nitrogens with zero attached hydrogens (tertiary/aromatic N) is 2. The molecular formula is C12H19N3O. The van der Waals surface area contributed by atoms with Crippen molar-refractivity contribution in [1.29, 1.82) is 0 Å². The molecule has 0 aliphatic carbocycles. The maximum Gasteiger partial charge on any atom is 0.224 e. The van der Waals surface area contributed by atoms with E-state index in [1.807, 2.05) is 26.2 Å². The minimum Gasteiger partial charge on any atom is -0.356 e. The number of amides is 1. The van der Waals surface area contributed by atoms with Gasteiger partial charge in [-0.25, -0.2) is 0 Å². The Morgan fingerprint density at radius 2 is 2.31 bits per heavy atom. The Balaban J connectivity index is 2.17. The lowest BCUT2D eigenvalue weighted by molar-refractivity contribution is -0.120. The van der Waals surface area contributed by atoms with E-state index in [-0.39, 0.29) is 5.91 Å². The number of rotatable bonds is 6. The van der Waals surface area contributed by atoms with Gasteiger partial charge in [-0.3, -0.25) is 9.78 Å². The predicted octanol–water partition coefficient (Wildman–Crippen LogP) is 0.692. The fraction of sp³-hybridized carbons (Fsp3) is 0.500. The van der Waals surface area contributed by atoms with Gasteiger partial charge in [0.15, 0.2) is 0 Å². The number of hydrogen-bond donors (Lipinski definition) is 1. The summed E-state index contributed by atoms with van der Waals surface area (Å²) < 4.78 is 0. The molecule has 0 aliphatic rings. The molecule has 0 radical (unpaired) electrons. The summed E-state index contributed by atoms with van der Waals surface area (Å²) >= 11 is 0. The van der Waals surface area contributed by atoms with Crippen molar-refractivity contribution >= 4 is 5.91 Å². The first-order valence-electron chi connectivity index (χ1n) is 5.49. The number of hydrogen-bond acceptors (Lipinski definition) is 3. The van der Waals surface area contributed by atoms with Gasteiger partial charge in [-0.1, -0.05) is 6.07 Å². The molecule has 0 spiro atoms. The highest BCUT2D eigenvalue weighted by molar-refractivity contribution is 5.78. The maximum absolute atomic E-state index is 11.5. The summed E-state index contributed by atoms with van der Waals surface area (Å²) in [5.41, 5.74) is 0.951. The zero-order valence-corrected chi connectivity index (χ0v) is 9.94. The van der Waals surface area contributed by atoms with E-state index in [1.165, 1.54) is 0 Å². The Labute approximate surface area is 96.7 Å². The fourth-order valence-corrected chi connectivity index (χ4v) is 1.37. The highest BCUT2D eigenvalue weighted by Gasteiger charge is 2.02. The summed E-state index contributed by atoms with van der Waals surface area (Å²) in [5, 5.41) is 2.89. The minimum atomic E-state index is 0.0618. The van der Waals surface area contributed by atoms with Crippen molar-refractivity contribution in [3.05, 3.63) is 30.1 Å². The third-order valence-electron chi connectivity index (χ3n) is 2.19. The molecule has 0 saturated carbocycles. The van der Waals surface area contributed by atoms with Gasteiger partial charge >= 0.3 is 0 Å². The van der Waals surface area contributed by atoms with Crippen molar-refractivity contribution in [2.24, 2.45) is 0 Å². The second-order valence-corrected chi connectivity index (χ2v) is 4.04. The Morgan fingerprint density at radius 1 is 1.50 bits per heavy atom. The second kappa shape index (κ2) is 6.95. The Kier molecular flexibility index (Phi) is 5.50. The standard InChI is InChI=1S/C12H19N3O/c1-15(2)8-4-7-14-12(16)9-11-5-3-6-13-10-11/h3,5-6,10H,4,7-9H2,1-2H3,(H,14,16). The van der Waals surface area contributed by atoms with E-state index in [1.54, 1.807) is 12.4 Å². The van der Waals surface area contributed by atoms with Crippen LogP contribution in [-0.2, 0) is 11.2 Å². The summed E-state index contributed by atoms with van der Waals surface area (Å²) in [6.45, 7) is 1.73. The first-order chi connectivity index (χ1) is 7.68. The summed E-state index contributed by atoms with van der Waals surface area (Å²) in [6, 6.07) is 3.75. The van der Waals surface area contributed by atoms with Crippen LogP contribution in [0.1, 0.15) is 12.0 Å². The lowest BCUT2D eigenvalue weighted by Crippen LogP contribution is -2.28. The SMILES string of the molecule is CN(C)CCCNC(=O)Cc1cccnc1. The molecule has 88 valence electrons. The highest BCUT2D eigenvalue weighted by Crippen LogP contribution is 1.96. The Hall–Kier alpha value is -1.42. The van der Waals surface area contributed by atoms with Crippen LogP contribution in [0.15, 0.2) is 24.5 Å². The first-order valence-corrected chi connectivity index (χ1v) is 5.49. The predicted molar refractivity (Wildman–Crippen MR) is 64.1 cm³/mol. The van der Waals surface area contributed by atoms with Crippen molar-refractivity contribution in [1.82, 2.24) is 15.2 Å². The van der Waals surface area contributed by atoms with Crippen LogP contribution in [0.3, 0.4) is 0 Å². The van der Waals surface area contributed by atoms with Crippen LogP contribution in [0.5, 0.6) is 0 Å². The second-order valence-electron chi connectivity index (χ2n) is 4.04. The summed E-state index contributed by atoms with van der Waals surface area (Å²) in [7, 11) is 4.05. The molecule has 1 heterocycles. The van der Waals surface area contributed by atoms with Crippen molar-refractivity contribution in [3.8, 4) is 0 Å². The number of carbonyl (C=O) groups is 1. The first kappa shape index (κ1) is 12.6. The molecule has 1 aromatic rings. The van der Waals surface area contributed by atoms with E-state index in [9.17, 15) is 4.79 Å². The molecule has 0 aromatic carbocycles. The van der Waals surface area contributed by atoms with Crippen LogP contribution < -0.4 is 5.32 Å². The van der Waals surface area contributed by atoms with E-state index in [0.29, 0.717) is 6.42 Å². The van der Waals surface area contributed by atoms with Gasteiger partial charge in [0.25, 0.3) is 0 Å². The molecule has 4 nitrogen and oxygen atoms in total. The van der Waals surface area contributed by atoms with E-state index in [2.05, 4.69) is 15.2 Å². The minimum absolute atomic E-state index is 0.0618. The van der Waals surface area contributed by atoms with Crippen molar-refractivity contribution in [2.45, 2.75) is 12.8 Å². The molecule has 0 aliphatic heterocycles. The number of aromatic nitrogens is 1. The van der Waals surface area contributed by atoms with Gasteiger partial charge in [-0.2, -0.15) is 0 Å². The van der Waals surface area contributed by atoms with E-state index in [0.717, 1.165) is 25.1 Å². The zero-order chi connectivity index (χ0) is 11.8. The quantitative estimate of drug-likeness (QED) is 0.719. The third-order valence-corrected chi connectivity index (χ3v) is 2.19. The van der Waals surface area contributed by atoms with Crippen molar-refractivity contribution in [3.63, 3.8) is 0 Å². The molecule has 1 aromatic heterocycles. The molecule has 16 heavy (non-hydrogen) atoms. The number of carbonyl (C=O) groups excluding carboxylic acids is 1. The average molecular weight is 221 g/mol. The van der Waals surface area contributed by atoms with E-state index >= 15 is 0 Å². The van der Waals surface area contributed by atoms with Gasteiger partial charge in [-0.05, 0) is 38.7 Å². The largest absolute Gasteiger partial charge is 0.356 e. The summed E-state index contributed by atoms with van der Waals surface area (Å²) in [6.07, 6.45) is 4.82. The van der Waals surface area contributed by atoms with E-state index in [4.69, 9.17) is 0 Å². The third kappa shape index (κ3) is 5.46. The molecule has 1 amide bonds. The molecule has 1 N–H and O–H groups in total. The molecule has 0 bridgehead atoms. The highest BCUT2D eigenvalue weighted by atomic mass is 16.1. The monoisotopic (exact) mass is 221 g/mol. The van der Waals surface area contributed by atoms with Crippen LogP contribution >= 0.6 is 0 Å². The molecule has 4 heteroatoms. The van der Waals surface area contributed by atoms with Crippen molar-refractivity contribution < 1.29 is 4.79 Å². The van der Waals surface area contributed by atoms with E-state index < -0.39 is 0 Å². The van der Waals surface area contributed by atoms with Crippen molar-refractivity contribution in [2.75, 3.05) is 27.2 Å². The molecule has 0 fully saturated rings. The average Bonchev–Trinajstić information content (AvgIpc) is 2.25. The summed E-state index contributed by atoms with van der Waals surface area (Å²) in [4.78, 5) is 17.6. The van der Waals surface area contributed by atoms with Crippen LogP contribution in [-0.4, -0.2) is 43.0 Å². The van der Waals surface area contributed by atoms with Gasteiger partial charge in [0.1, 0.15) is 0 Å². The summed E-state index contributed by atoms with van der Waals surface area (Å²) in [5.74, 6) is 0.0618. The van der Waals surface area contributed by atoms with Crippen LogP contribution in [0.2, 0.25) is 0 Å². The van der Waals surface area contributed by atoms with Crippen LogP contribution in [0, 0.1) is 0 Å². The molecule has 1 rings (SSSR count). The lowest BCUT2D eigenvalue weighted by atomic mass is 10.2. The number of nitrogens with one attached hydrogen (secondary N) is 1. The smallest absolute Gasteiger partial charge is 0.224 e. The van der Waals surface area contributed by atoms with Gasteiger partial charge in [0.05, 0.1) is 6.42 Å². The van der Waals surface area contributed by atoms with Crippen LogP contribution in [0.25, 0.3) is 0 Å². The van der Waals surface area contributed by atoms with Gasteiger partial charge in [0.2, 0.25) is 5.91 Å². The van der Waals surface area contributed by atoms with Gasteiger partial charge < -0.3 is 10.2 Å². The Morgan fingerprint density at radius 3 is 2.94 bits per heavy atom. The number of pyridine rings is 1. The fourth-order valence-electron chi connectivity index (χ4n) is 1.37. The molecule has 0 atom stereocenters. The molecule has 0 saturated heterocycles. The maximum atomic E-state index is 11.5. The topological polar surface area (TPSA) is 45.2 Å². The lowest BCUT2D eigenvalue weighted by Gasteiger charge is -2.09. The normalized spacial score (nSPS) is 10.4. The Bertz CT molecular complexity index is 311. The van der Waals surface area contributed by atoms with Crippen LogP contribution in [0.4, 0.5) is 0 Å². The van der Waals surface area contributed by atoms with Gasteiger partial charge in [0, 0.05) is 18.9 Å². The van der Waals surface area contributed by atoms with Gasteiger partial charge in [-0.15, -0.1) is 0 Å². The molecule has 0 unspecified atom stereocenters. The molecular weight excluding hydrogens is 202 g/mol. The zero-order valence-electron chi connectivity index (χ0n) is 9.94.